The number of likely N-dealkylation sites (N-methyl/N-ethyl adjacent to an activating group) is 1. The van der Waals surface area contributed by atoms with E-state index in [1.807, 2.05) is 12.1 Å². The highest BCUT2D eigenvalue weighted by molar-refractivity contribution is 7.89. The predicted molar refractivity (Wildman–Crippen MR) is 98.1 cm³/mol. The summed E-state index contributed by atoms with van der Waals surface area (Å²) in [5.74, 6) is -0.404. The molecule has 1 aliphatic rings. The van der Waals surface area contributed by atoms with Crippen molar-refractivity contribution in [2.24, 2.45) is 0 Å². The molecule has 0 aromatic heterocycles. The molecule has 25 heavy (non-hydrogen) atoms. The molecule has 0 atom stereocenters. The Bertz CT molecular complexity index is 731. The minimum Gasteiger partial charge on any atom is -0.304 e. The number of sulfonamides is 1. The lowest BCUT2D eigenvalue weighted by molar-refractivity contribution is 0.0662. The summed E-state index contributed by atoms with van der Waals surface area (Å²) in [4.78, 5) is 14.8. The number of nitrogens with one attached hydrogen (secondary N) is 1. The Morgan fingerprint density at radius 3 is 2.40 bits per heavy atom. The van der Waals surface area contributed by atoms with E-state index in [9.17, 15) is 13.2 Å². The number of halogens is 1. The van der Waals surface area contributed by atoms with Crippen LogP contribution in [0.2, 0.25) is 5.02 Å². The molecule has 7 nitrogen and oxygen atoms in total. The number of rotatable bonds is 5. The zero-order valence-corrected chi connectivity index (χ0v) is 16.6. The molecule has 0 aliphatic carbocycles. The first-order chi connectivity index (χ1) is 11.6. The van der Waals surface area contributed by atoms with Crippen LogP contribution in [0.1, 0.15) is 24.2 Å². The number of benzene rings is 1. The summed E-state index contributed by atoms with van der Waals surface area (Å²) in [7, 11) is -0.141. The third-order valence-electron chi connectivity index (χ3n) is 4.35. The summed E-state index contributed by atoms with van der Waals surface area (Å²) in [5, 5.41) is 2.04. The minimum atomic E-state index is -3.68. The van der Waals surface area contributed by atoms with Gasteiger partial charge in [-0.05, 0) is 39.1 Å². The molecule has 0 bridgehead atoms. The van der Waals surface area contributed by atoms with Crippen molar-refractivity contribution >= 4 is 27.5 Å². The third kappa shape index (κ3) is 4.71. The number of carbonyl (C=O) groups is 1. The quantitative estimate of drug-likeness (QED) is 0.822. The maximum Gasteiger partial charge on any atom is 0.267 e. The van der Waals surface area contributed by atoms with Crippen LogP contribution in [0.3, 0.4) is 0 Å². The van der Waals surface area contributed by atoms with Gasteiger partial charge in [0.1, 0.15) is 0 Å². The second kappa shape index (κ2) is 8.01. The molecule has 1 heterocycles. The van der Waals surface area contributed by atoms with Crippen LogP contribution in [-0.4, -0.2) is 74.9 Å². The van der Waals surface area contributed by atoms with Crippen LogP contribution in [0.4, 0.5) is 0 Å². The highest BCUT2D eigenvalue weighted by atomic mass is 35.5. The Balaban J connectivity index is 2.22. The number of amides is 1. The van der Waals surface area contributed by atoms with Gasteiger partial charge in [-0.15, -0.1) is 0 Å². The normalized spacial score (nSPS) is 17.2. The monoisotopic (exact) mass is 388 g/mol. The van der Waals surface area contributed by atoms with Gasteiger partial charge in [-0.3, -0.25) is 10.2 Å². The predicted octanol–water partition coefficient (Wildman–Crippen LogP) is 1.26. The first-order valence-electron chi connectivity index (χ1n) is 8.15. The van der Waals surface area contributed by atoms with Gasteiger partial charge in [-0.1, -0.05) is 11.6 Å². The second-order valence-electron chi connectivity index (χ2n) is 6.49. The van der Waals surface area contributed by atoms with E-state index in [1.165, 1.54) is 29.6 Å². The fourth-order valence-electron chi connectivity index (χ4n) is 2.40. The SMILES string of the molecule is CC(C)N(C)S(=O)(=O)c1ccc(Cl)c(C(=O)NN2CCN(C)CC2)c1. The summed E-state index contributed by atoms with van der Waals surface area (Å²) in [6, 6.07) is 4.01. The lowest BCUT2D eigenvalue weighted by atomic mass is 10.2. The summed E-state index contributed by atoms with van der Waals surface area (Å²) in [6.07, 6.45) is 0. The highest BCUT2D eigenvalue weighted by Crippen LogP contribution is 2.23. The molecule has 1 fully saturated rings. The largest absolute Gasteiger partial charge is 0.304 e. The summed E-state index contributed by atoms with van der Waals surface area (Å²) in [5.41, 5.74) is 2.95. The van der Waals surface area contributed by atoms with Gasteiger partial charge in [0.2, 0.25) is 10.0 Å². The Kier molecular flexibility index (Phi) is 6.45. The van der Waals surface area contributed by atoms with Crippen molar-refractivity contribution in [3.8, 4) is 0 Å². The molecule has 0 saturated carbocycles. The zero-order valence-electron chi connectivity index (χ0n) is 15.0. The zero-order chi connectivity index (χ0) is 18.8. The molecule has 9 heteroatoms. The Morgan fingerprint density at radius 1 is 1.24 bits per heavy atom. The van der Waals surface area contributed by atoms with Crippen LogP contribution in [0.25, 0.3) is 0 Å². The third-order valence-corrected chi connectivity index (χ3v) is 6.71. The molecule has 1 aromatic carbocycles. The van der Waals surface area contributed by atoms with Crippen molar-refractivity contribution in [1.82, 2.24) is 19.6 Å². The van der Waals surface area contributed by atoms with Crippen molar-refractivity contribution < 1.29 is 13.2 Å². The number of nitrogens with zero attached hydrogens (tertiary/aromatic N) is 3. The molecule has 140 valence electrons. The van der Waals surface area contributed by atoms with Crippen LogP contribution >= 0.6 is 11.6 Å². The molecule has 1 saturated heterocycles. The van der Waals surface area contributed by atoms with E-state index in [2.05, 4.69) is 10.3 Å². The molecule has 1 N–H and O–H groups in total. The molecule has 1 amide bonds. The van der Waals surface area contributed by atoms with E-state index in [0.717, 1.165) is 13.1 Å². The van der Waals surface area contributed by atoms with Crippen LogP contribution in [0.15, 0.2) is 23.1 Å². The molecule has 0 unspecified atom stereocenters. The van der Waals surface area contributed by atoms with E-state index in [4.69, 9.17) is 11.6 Å². The van der Waals surface area contributed by atoms with E-state index in [0.29, 0.717) is 13.1 Å². The minimum absolute atomic E-state index is 0.0524. The molecular weight excluding hydrogens is 364 g/mol. The second-order valence-corrected chi connectivity index (χ2v) is 8.89. The Labute approximate surface area is 154 Å². The lowest BCUT2D eigenvalue weighted by Gasteiger charge is -2.32. The van der Waals surface area contributed by atoms with Crippen molar-refractivity contribution in [3.63, 3.8) is 0 Å². The number of carbonyl (C=O) groups excluding carboxylic acids is 1. The standard InChI is InChI=1S/C16H25ClN4O3S/c1-12(2)20(4)25(23,24)13-5-6-15(17)14(11-13)16(22)18-21-9-7-19(3)8-10-21/h5-6,11-12H,7-10H2,1-4H3,(H,18,22). The average molecular weight is 389 g/mol. The lowest BCUT2D eigenvalue weighted by Crippen LogP contribution is -2.52. The average Bonchev–Trinajstić information content (AvgIpc) is 2.56. The van der Waals surface area contributed by atoms with Crippen molar-refractivity contribution in [2.75, 3.05) is 40.3 Å². The van der Waals surface area contributed by atoms with Gasteiger partial charge in [0.25, 0.3) is 5.91 Å². The molecule has 1 aromatic rings. The van der Waals surface area contributed by atoms with Gasteiger partial charge in [0, 0.05) is 39.3 Å². The first kappa shape index (κ1) is 20.1. The van der Waals surface area contributed by atoms with Crippen molar-refractivity contribution in [1.29, 1.82) is 0 Å². The van der Waals surface area contributed by atoms with Crippen LogP contribution in [0.5, 0.6) is 0 Å². The number of piperazine rings is 1. The number of hydrogen-bond acceptors (Lipinski definition) is 5. The fourth-order valence-corrected chi connectivity index (χ4v) is 4.00. The van der Waals surface area contributed by atoms with Crippen molar-refractivity contribution in [2.45, 2.75) is 24.8 Å². The number of hydrogen-bond donors (Lipinski definition) is 1. The molecule has 0 radical (unpaired) electrons. The van der Waals surface area contributed by atoms with E-state index < -0.39 is 15.9 Å². The van der Waals surface area contributed by atoms with Gasteiger partial charge in [-0.25, -0.2) is 13.4 Å². The summed E-state index contributed by atoms with van der Waals surface area (Å²) < 4.78 is 26.5. The van der Waals surface area contributed by atoms with Gasteiger partial charge in [-0.2, -0.15) is 4.31 Å². The molecular formula is C16H25ClN4O3S. The van der Waals surface area contributed by atoms with E-state index >= 15 is 0 Å². The molecule has 2 rings (SSSR count). The molecule has 1 aliphatic heterocycles. The first-order valence-corrected chi connectivity index (χ1v) is 9.97. The number of hydrazine groups is 1. The van der Waals surface area contributed by atoms with Gasteiger partial charge in [0.05, 0.1) is 15.5 Å². The maximum atomic E-state index is 12.6. The van der Waals surface area contributed by atoms with Crippen LogP contribution < -0.4 is 5.43 Å². The van der Waals surface area contributed by atoms with Crippen LogP contribution in [-0.2, 0) is 10.0 Å². The maximum absolute atomic E-state index is 12.6. The highest BCUT2D eigenvalue weighted by Gasteiger charge is 2.25. The summed E-state index contributed by atoms with van der Waals surface area (Å²) in [6.45, 7) is 6.67. The van der Waals surface area contributed by atoms with E-state index in [-0.39, 0.29) is 21.5 Å². The van der Waals surface area contributed by atoms with Gasteiger partial charge < -0.3 is 4.90 Å². The fraction of sp³-hybridized carbons (Fsp3) is 0.562. The molecule has 0 spiro atoms. The Hall–Kier alpha value is -1.19. The smallest absolute Gasteiger partial charge is 0.267 e. The van der Waals surface area contributed by atoms with Gasteiger partial charge in [0.15, 0.2) is 0 Å². The van der Waals surface area contributed by atoms with E-state index in [1.54, 1.807) is 13.8 Å². The topological polar surface area (TPSA) is 73.0 Å². The Morgan fingerprint density at radius 2 is 1.84 bits per heavy atom. The van der Waals surface area contributed by atoms with Crippen molar-refractivity contribution in [3.05, 3.63) is 28.8 Å². The van der Waals surface area contributed by atoms with Crippen LogP contribution in [0, 0.1) is 0 Å². The summed E-state index contributed by atoms with van der Waals surface area (Å²) >= 11 is 6.13. The van der Waals surface area contributed by atoms with Gasteiger partial charge >= 0.3 is 0 Å².